The zero-order valence-electron chi connectivity index (χ0n) is 11.8. The van der Waals surface area contributed by atoms with Crippen LogP contribution in [0.1, 0.15) is 0 Å². The van der Waals surface area contributed by atoms with Crippen molar-refractivity contribution in [1.29, 1.82) is 0 Å². The molecule has 6 heteroatoms. The molecular formula is C13H25N3O3. The molecule has 2 aliphatic heterocycles. The second-order valence-corrected chi connectivity index (χ2v) is 5.10. The molecule has 2 rings (SSSR count). The third-order valence-corrected chi connectivity index (χ3v) is 3.80. The molecule has 2 aliphatic rings. The van der Waals surface area contributed by atoms with Crippen molar-refractivity contribution < 1.29 is 14.3 Å². The number of methoxy groups -OCH3 is 1. The fourth-order valence-corrected chi connectivity index (χ4v) is 2.50. The van der Waals surface area contributed by atoms with Crippen LogP contribution >= 0.6 is 0 Å². The van der Waals surface area contributed by atoms with Crippen molar-refractivity contribution in [2.24, 2.45) is 0 Å². The van der Waals surface area contributed by atoms with Crippen molar-refractivity contribution in [3.63, 3.8) is 0 Å². The molecule has 110 valence electrons. The van der Waals surface area contributed by atoms with Crippen LogP contribution < -0.4 is 0 Å². The summed E-state index contributed by atoms with van der Waals surface area (Å²) < 4.78 is 10.4. The number of amides is 1. The molecule has 0 aromatic carbocycles. The number of ether oxygens (including phenoxy) is 2. The van der Waals surface area contributed by atoms with E-state index in [1.165, 1.54) is 0 Å². The Kier molecular flexibility index (Phi) is 6.03. The van der Waals surface area contributed by atoms with Crippen LogP contribution in [0.5, 0.6) is 0 Å². The summed E-state index contributed by atoms with van der Waals surface area (Å²) >= 11 is 0. The van der Waals surface area contributed by atoms with Crippen molar-refractivity contribution in [2.45, 2.75) is 0 Å². The molecular weight excluding hydrogens is 246 g/mol. The Balaban J connectivity index is 1.65. The van der Waals surface area contributed by atoms with E-state index in [2.05, 4.69) is 9.80 Å². The third kappa shape index (κ3) is 4.72. The van der Waals surface area contributed by atoms with Crippen molar-refractivity contribution in [3.8, 4) is 0 Å². The van der Waals surface area contributed by atoms with Crippen molar-refractivity contribution >= 4 is 5.91 Å². The molecule has 0 aromatic heterocycles. The van der Waals surface area contributed by atoms with Crippen LogP contribution in [0.25, 0.3) is 0 Å². The normalized spacial score (nSPS) is 22.7. The van der Waals surface area contributed by atoms with Gasteiger partial charge in [-0.25, -0.2) is 0 Å². The first-order valence-corrected chi connectivity index (χ1v) is 7.09. The number of carbonyl (C=O) groups is 1. The molecule has 2 heterocycles. The Morgan fingerprint density at radius 3 is 2.32 bits per heavy atom. The van der Waals surface area contributed by atoms with Gasteiger partial charge in [0.05, 0.1) is 26.4 Å². The maximum atomic E-state index is 12.1. The Hall–Kier alpha value is -0.690. The number of carbonyl (C=O) groups excluding carboxylic acids is 1. The Morgan fingerprint density at radius 2 is 1.68 bits per heavy atom. The largest absolute Gasteiger partial charge is 0.383 e. The van der Waals surface area contributed by atoms with Crippen molar-refractivity contribution in [1.82, 2.24) is 14.7 Å². The van der Waals surface area contributed by atoms with Crippen LogP contribution in [0, 0.1) is 0 Å². The quantitative estimate of drug-likeness (QED) is 0.649. The van der Waals surface area contributed by atoms with E-state index >= 15 is 0 Å². The number of nitrogens with zero attached hydrogens (tertiary/aromatic N) is 3. The molecule has 0 spiro atoms. The van der Waals surface area contributed by atoms with Gasteiger partial charge in [-0.1, -0.05) is 0 Å². The predicted octanol–water partition coefficient (Wildman–Crippen LogP) is -0.891. The average Bonchev–Trinajstić information content (AvgIpc) is 2.47. The Labute approximate surface area is 115 Å². The molecule has 0 aliphatic carbocycles. The molecule has 0 N–H and O–H groups in total. The van der Waals surface area contributed by atoms with Gasteiger partial charge in [-0.2, -0.15) is 0 Å². The summed E-state index contributed by atoms with van der Waals surface area (Å²) in [5, 5.41) is 0. The monoisotopic (exact) mass is 271 g/mol. The average molecular weight is 271 g/mol. The lowest BCUT2D eigenvalue weighted by Gasteiger charge is -2.35. The van der Waals surface area contributed by atoms with Gasteiger partial charge < -0.3 is 14.4 Å². The standard InChI is InChI=1S/C13H25N3O3/c1-18-9-6-14-2-4-15(5-3-14)12-13(17)16-7-10-19-11-8-16/h2-12H2,1H3. The SMILES string of the molecule is COCCN1CCN(CC(=O)N2CCOCC2)CC1. The van der Waals surface area contributed by atoms with Crippen molar-refractivity contribution in [2.75, 3.05) is 79.3 Å². The van der Waals surface area contributed by atoms with Gasteiger partial charge in [-0.3, -0.25) is 14.6 Å². The van der Waals surface area contributed by atoms with E-state index in [4.69, 9.17) is 9.47 Å². The first-order chi connectivity index (χ1) is 9.29. The van der Waals surface area contributed by atoms with Crippen LogP contribution in [0.3, 0.4) is 0 Å². The maximum Gasteiger partial charge on any atom is 0.236 e. The van der Waals surface area contributed by atoms with Crippen LogP contribution in [0.2, 0.25) is 0 Å². The fourth-order valence-electron chi connectivity index (χ4n) is 2.50. The summed E-state index contributed by atoms with van der Waals surface area (Å²) in [5.41, 5.74) is 0. The molecule has 2 fully saturated rings. The third-order valence-electron chi connectivity index (χ3n) is 3.80. The second kappa shape index (κ2) is 7.79. The topological polar surface area (TPSA) is 45.2 Å². The Bertz CT molecular complexity index is 274. The van der Waals surface area contributed by atoms with E-state index in [-0.39, 0.29) is 5.91 Å². The van der Waals surface area contributed by atoms with E-state index in [1.54, 1.807) is 7.11 Å². The molecule has 6 nitrogen and oxygen atoms in total. The van der Waals surface area contributed by atoms with E-state index in [0.717, 1.165) is 52.4 Å². The van der Waals surface area contributed by atoms with E-state index in [0.29, 0.717) is 19.8 Å². The summed E-state index contributed by atoms with van der Waals surface area (Å²) in [7, 11) is 1.73. The van der Waals surface area contributed by atoms with Gasteiger partial charge >= 0.3 is 0 Å². The van der Waals surface area contributed by atoms with E-state index in [1.807, 2.05) is 4.90 Å². The summed E-state index contributed by atoms with van der Waals surface area (Å²) in [6, 6.07) is 0. The highest BCUT2D eigenvalue weighted by Gasteiger charge is 2.22. The van der Waals surface area contributed by atoms with Gasteiger partial charge in [0, 0.05) is 52.9 Å². The fraction of sp³-hybridized carbons (Fsp3) is 0.923. The van der Waals surface area contributed by atoms with Gasteiger partial charge in [0.15, 0.2) is 0 Å². The van der Waals surface area contributed by atoms with Gasteiger partial charge in [-0.05, 0) is 0 Å². The summed E-state index contributed by atoms with van der Waals surface area (Å²) in [6.07, 6.45) is 0. The van der Waals surface area contributed by atoms with Gasteiger partial charge in [0.2, 0.25) is 5.91 Å². The minimum Gasteiger partial charge on any atom is -0.383 e. The number of hydrogen-bond acceptors (Lipinski definition) is 5. The van der Waals surface area contributed by atoms with Crippen LogP contribution in [-0.2, 0) is 14.3 Å². The molecule has 2 saturated heterocycles. The highest BCUT2D eigenvalue weighted by Crippen LogP contribution is 2.04. The Morgan fingerprint density at radius 1 is 1.05 bits per heavy atom. The summed E-state index contributed by atoms with van der Waals surface area (Å²) in [4.78, 5) is 18.7. The predicted molar refractivity (Wildman–Crippen MR) is 72.2 cm³/mol. The molecule has 0 bridgehead atoms. The number of morpholine rings is 1. The maximum absolute atomic E-state index is 12.1. The van der Waals surface area contributed by atoms with Gasteiger partial charge in [-0.15, -0.1) is 0 Å². The number of rotatable bonds is 5. The van der Waals surface area contributed by atoms with E-state index < -0.39 is 0 Å². The number of hydrogen-bond donors (Lipinski definition) is 0. The molecule has 19 heavy (non-hydrogen) atoms. The van der Waals surface area contributed by atoms with E-state index in [9.17, 15) is 4.79 Å². The highest BCUT2D eigenvalue weighted by molar-refractivity contribution is 5.78. The minimum atomic E-state index is 0.244. The van der Waals surface area contributed by atoms with Crippen LogP contribution in [0.15, 0.2) is 0 Å². The summed E-state index contributed by atoms with van der Waals surface area (Å²) in [5.74, 6) is 0.244. The highest BCUT2D eigenvalue weighted by atomic mass is 16.5. The molecule has 1 amide bonds. The lowest BCUT2D eigenvalue weighted by Crippen LogP contribution is -2.51. The smallest absolute Gasteiger partial charge is 0.236 e. The van der Waals surface area contributed by atoms with Crippen LogP contribution in [-0.4, -0.2) is 99.9 Å². The summed E-state index contributed by atoms with van der Waals surface area (Å²) in [6.45, 7) is 9.16. The molecule has 0 aromatic rings. The minimum absolute atomic E-state index is 0.244. The molecule has 0 unspecified atom stereocenters. The first-order valence-electron chi connectivity index (χ1n) is 7.09. The molecule has 0 radical (unpaired) electrons. The lowest BCUT2D eigenvalue weighted by molar-refractivity contribution is -0.136. The van der Waals surface area contributed by atoms with Crippen LogP contribution in [0.4, 0.5) is 0 Å². The molecule has 0 saturated carbocycles. The van der Waals surface area contributed by atoms with Crippen molar-refractivity contribution in [3.05, 3.63) is 0 Å². The second-order valence-electron chi connectivity index (χ2n) is 5.10. The lowest BCUT2D eigenvalue weighted by atomic mass is 10.3. The number of piperazine rings is 1. The first kappa shape index (κ1) is 14.7. The molecule has 0 atom stereocenters. The van der Waals surface area contributed by atoms with Gasteiger partial charge in [0.25, 0.3) is 0 Å². The zero-order chi connectivity index (χ0) is 13.5. The zero-order valence-corrected chi connectivity index (χ0v) is 11.8. The van der Waals surface area contributed by atoms with Gasteiger partial charge in [0.1, 0.15) is 0 Å².